The fourth-order valence-corrected chi connectivity index (χ4v) is 10.9. The van der Waals surface area contributed by atoms with Gasteiger partial charge in [-0.2, -0.15) is 52.7 Å². The first-order valence-electron chi connectivity index (χ1n) is 24.7. The number of rotatable bonds is 7. The SMILES string of the molecule is N#Cc1ccccc1-c1ccc2c(c1)c1cc(-c3ccccc3C#N)ccc1n2-c1cc(-c2cc(C(F)(F)F)cc(C(F)(F)F)c2)c(-n2c3ccc(-c4ccccc4C#N)cc3c3cc(-c4ccccc4C#N)ccc32)cc1C#N. The van der Waals surface area contributed by atoms with Gasteiger partial charge in [0.05, 0.1) is 96.7 Å². The maximum atomic E-state index is 15.0. The number of hydrogen-bond donors (Lipinski definition) is 0. The van der Waals surface area contributed by atoms with Gasteiger partial charge in [0.2, 0.25) is 0 Å². The van der Waals surface area contributed by atoms with Gasteiger partial charge < -0.3 is 9.13 Å². The summed E-state index contributed by atoms with van der Waals surface area (Å²) < 4.78 is 93.4. The van der Waals surface area contributed by atoms with E-state index in [2.05, 4.69) is 30.3 Å². The van der Waals surface area contributed by atoms with Gasteiger partial charge in [0.15, 0.2) is 0 Å². The molecule has 2 aromatic heterocycles. The molecule has 0 spiro atoms. The molecule has 10 aromatic carbocycles. The van der Waals surface area contributed by atoms with Gasteiger partial charge in [-0.15, -0.1) is 0 Å². The summed E-state index contributed by atoms with van der Waals surface area (Å²) in [6.45, 7) is 0. The molecule has 0 N–H and O–H groups in total. The first-order chi connectivity index (χ1) is 38.7. The number of benzene rings is 10. The Labute approximate surface area is 452 Å². The number of nitriles is 5. The topological polar surface area (TPSA) is 129 Å². The highest BCUT2D eigenvalue weighted by Crippen LogP contribution is 2.46. The molecule has 0 saturated carbocycles. The first-order valence-corrected chi connectivity index (χ1v) is 24.7. The van der Waals surface area contributed by atoms with E-state index in [-0.39, 0.29) is 28.6 Å². The third-order valence-electron chi connectivity index (χ3n) is 14.6. The van der Waals surface area contributed by atoms with Gasteiger partial charge in [-0.25, -0.2) is 0 Å². The van der Waals surface area contributed by atoms with Crippen LogP contribution in [0.1, 0.15) is 38.9 Å². The Kier molecular flexibility index (Phi) is 11.9. The second-order valence-corrected chi connectivity index (χ2v) is 19.0. The quantitative estimate of drug-likeness (QED) is 0.147. The lowest BCUT2D eigenvalue weighted by molar-refractivity contribution is -0.143. The first kappa shape index (κ1) is 49.7. The van der Waals surface area contributed by atoms with Gasteiger partial charge in [-0.3, -0.25) is 0 Å². The van der Waals surface area contributed by atoms with E-state index in [0.29, 0.717) is 123 Å². The monoisotopic (exact) mass is 1050 g/mol. The summed E-state index contributed by atoms with van der Waals surface area (Å²) in [5.41, 5.74) is 5.16. The molecule has 0 aliphatic heterocycles. The molecule has 0 unspecified atom stereocenters. The summed E-state index contributed by atoms with van der Waals surface area (Å²) in [5, 5.41) is 54.4. The van der Waals surface area contributed by atoms with Crippen molar-refractivity contribution in [2.24, 2.45) is 0 Å². The average Bonchev–Trinajstić information content (AvgIpc) is 4.13. The summed E-state index contributed by atoms with van der Waals surface area (Å²) in [5.74, 6) is 0. The predicted octanol–water partition coefficient (Wildman–Crippen LogP) is 17.6. The lowest BCUT2D eigenvalue weighted by atomic mass is 9.95. The number of hydrogen-bond acceptors (Lipinski definition) is 5. The van der Waals surface area contributed by atoms with E-state index in [4.69, 9.17) is 0 Å². The third-order valence-corrected chi connectivity index (χ3v) is 14.6. The van der Waals surface area contributed by atoms with E-state index in [1.165, 1.54) is 12.1 Å². The minimum atomic E-state index is -5.22. The molecule has 0 atom stereocenters. The van der Waals surface area contributed by atoms with Crippen LogP contribution in [0.4, 0.5) is 26.3 Å². The second-order valence-electron chi connectivity index (χ2n) is 19.0. The van der Waals surface area contributed by atoms with Crippen molar-refractivity contribution in [2.45, 2.75) is 12.4 Å². The van der Waals surface area contributed by atoms with Gasteiger partial charge in [0.25, 0.3) is 0 Å². The van der Waals surface area contributed by atoms with Gasteiger partial charge >= 0.3 is 12.4 Å². The van der Waals surface area contributed by atoms with Crippen LogP contribution in [0, 0.1) is 56.7 Å². The number of halogens is 6. The molecule has 13 heteroatoms. The van der Waals surface area contributed by atoms with E-state index < -0.39 is 29.0 Å². The Balaban J connectivity index is 1.21. The van der Waals surface area contributed by atoms with Crippen LogP contribution < -0.4 is 0 Å². The molecule has 0 saturated heterocycles. The zero-order chi connectivity index (χ0) is 55.6. The molecule has 80 heavy (non-hydrogen) atoms. The molecule has 0 aliphatic carbocycles. The van der Waals surface area contributed by atoms with Crippen LogP contribution in [0.5, 0.6) is 0 Å². The highest BCUT2D eigenvalue weighted by molar-refractivity contribution is 6.14. The van der Waals surface area contributed by atoms with Crippen molar-refractivity contribution in [3.8, 4) is 97.4 Å². The minimum Gasteiger partial charge on any atom is -0.309 e. The molecule has 0 radical (unpaired) electrons. The molecule has 0 fully saturated rings. The van der Waals surface area contributed by atoms with Crippen LogP contribution >= 0.6 is 0 Å². The lowest BCUT2D eigenvalue weighted by Crippen LogP contribution is -2.11. The van der Waals surface area contributed by atoms with Crippen molar-refractivity contribution in [3.63, 3.8) is 0 Å². The Morgan fingerprint density at radius 3 is 0.875 bits per heavy atom. The molecular weight excluding hydrogens is 1020 g/mol. The number of alkyl halides is 6. The van der Waals surface area contributed by atoms with E-state index in [9.17, 15) is 52.7 Å². The Bertz CT molecular complexity index is 4570. The number of fused-ring (bicyclic) bond motifs is 6. The summed E-state index contributed by atoms with van der Waals surface area (Å²) in [6, 6.07) is 65.5. The van der Waals surface area contributed by atoms with Gasteiger partial charge in [-0.1, -0.05) is 97.1 Å². The van der Waals surface area contributed by atoms with Crippen molar-refractivity contribution in [1.82, 2.24) is 9.13 Å². The molecule has 0 amide bonds. The third kappa shape index (κ3) is 8.30. The molecule has 12 aromatic rings. The van der Waals surface area contributed by atoms with Crippen LogP contribution in [-0.2, 0) is 12.4 Å². The Morgan fingerprint density at radius 2 is 0.575 bits per heavy atom. The van der Waals surface area contributed by atoms with Crippen molar-refractivity contribution >= 4 is 43.6 Å². The van der Waals surface area contributed by atoms with Crippen LogP contribution in [0.25, 0.3) is 111 Å². The molecule has 2 heterocycles. The zero-order valence-corrected chi connectivity index (χ0v) is 41.5. The van der Waals surface area contributed by atoms with Crippen molar-refractivity contribution < 1.29 is 26.3 Å². The standard InChI is InChI=1S/C67H33F6N7/c68-66(69,70)49-25-47(26-50(32-49)67(71,72)73)55-33-64(79-60-21-17-39(51-13-5-1-9-43(51)34-74)27-56(60)57-28-40(18-22-61(57)79)52-14-6-2-10-44(52)35-75)48(38-78)31-65(55)80-62-23-19-41(53-15-7-3-11-45(53)36-76)29-58(62)59-30-42(20-24-63(59)80)54-16-8-4-12-46(54)37-77/h1-33H. The van der Waals surface area contributed by atoms with Crippen LogP contribution in [0.3, 0.4) is 0 Å². The van der Waals surface area contributed by atoms with Crippen LogP contribution in [-0.4, -0.2) is 9.13 Å². The van der Waals surface area contributed by atoms with Crippen LogP contribution in [0.2, 0.25) is 0 Å². The Hall–Kier alpha value is -11.2. The molecule has 7 nitrogen and oxygen atoms in total. The average molecular weight is 1050 g/mol. The maximum absolute atomic E-state index is 15.0. The molecule has 0 bridgehead atoms. The number of aromatic nitrogens is 2. The zero-order valence-electron chi connectivity index (χ0n) is 41.5. The smallest absolute Gasteiger partial charge is 0.309 e. The molecule has 12 rings (SSSR count). The fourth-order valence-electron chi connectivity index (χ4n) is 10.9. The summed E-state index contributed by atoms with van der Waals surface area (Å²) >= 11 is 0. The maximum Gasteiger partial charge on any atom is 0.416 e. The normalized spacial score (nSPS) is 11.6. The molecule has 0 aliphatic rings. The van der Waals surface area contributed by atoms with Crippen molar-refractivity contribution in [1.29, 1.82) is 26.3 Å². The van der Waals surface area contributed by atoms with Crippen LogP contribution in [0.15, 0.2) is 200 Å². The molecular formula is C67H33F6N7. The highest BCUT2D eigenvalue weighted by atomic mass is 19.4. The van der Waals surface area contributed by atoms with Gasteiger partial charge in [0.1, 0.15) is 6.07 Å². The van der Waals surface area contributed by atoms with Crippen molar-refractivity contribution in [3.05, 3.63) is 239 Å². The second kappa shape index (κ2) is 19.1. The largest absolute Gasteiger partial charge is 0.416 e. The van der Waals surface area contributed by atoms with E-state index in [1.54, 1.807) is 143 Å². The van der Waals surface area contributed by atoms with E-state index in [0.717, 1.165) is 0 Å². The number of nitrogens with zero attached hydrogens (tertiary/aromatic N) is 7. The predicted molar refractivity (Wildman–Crippen MR) is 296 cm³/mol. The highest BCUT2D eigenvalue weighted by Gasteiger charge is 2.38. The summed E-state index contributed by atoms with van der Waals surface area (Å²) in [4.78, 5) is 0. The van der Waals surface area contributed by atoms with E-state index >= 15 is 0 Å². The summed E-state index contributed by atoms with van der Waals surface area (Å²) in [7, 11) is 0. The molecule has 378 valence electrons. The summed E-state index contributed by atoms with van der Waals surface area (Å²) in [6.07, 6.45) is -10.4. The van der Waals surface area contributed by atoms with Gasteiger partial charge in [-0.05, 0) is 153 Å². The fraction of sp³-hybridized carbons (Fsp3) is 0.0299. The van der Waals surface area contributed by atoms with Gasteiger partial charge in [0, 0.05) is 27.1 Å². The Morgan fingerprint density at radius 1 is 0.275 bits per heavy atom. The lowest BCUT2D eigenvalue weighted by Gasteiger charge is -2.21. The minimum absolute atomic E-state index is 0.00230. The van der Waals surface area contributed by atoms with E-state index in [1.807, 2.05) is 36.4 Å². The van der Waals surface area contributed by atoms with Crippen molar-refractivity contribution in [2.75, 3.05) is 0 Å².